The molecule has 5 nitrogen and oxygen atoms in total. The van der Waals surface area contributed by atoms with Crippen molar-refractivity contribution in [3.63, 3.8) is 0 Å². The number of carbonyl (C=O) groups is 2. The van der Waals surface area contributed by atoms with E-state index >= 15 is 0 Å². The van der Waals surface area contributed by atoms with E-state index in [1.807, 2.05) is 35.4 Å². The molecule has 0 unspecified atom stereocenters. The Hall–Kier alpha value is -2.69. The molecule has 2 amide bonds. The van der Waals surface area contributed by atoms with Crippen molar-refractivity contribution in [1.29, 1.82) is 0 Å². The number of hydrogen-bond acceptors (Lipinski definition) is 3. The first-order valence-corrected chi connectivity index (χ1v) is 10.7. The van der Waals surface area contributed by atoms with Gasteiger partial charge in [-0.25, -0.2) is 0 Å². The molecule has 5 heteroatoms. The molecule has 0 bridgehead atoms. The average Bonchev–Trinajstić information content (AvgIpc) is 3.30. The Balaban J connectivity index is 1.53. The van der Waals surface area contributed by atoms with Crippen LogP contribution in [0.3, 0.4) is 0 Å². The molecule has 152 valence electrons. The van der Waals surface area contributed by atoms with Crippen molar-refractivity contribution in [3.05, 3.63) is 54.4 Å². The molecular formula is C24H29N3O2. The maximum atomic E-state index is 12.8. The van der Waals surface area contributed by atoms with Gasteiger partial charge in [-0.1, -0.05) is 43.2 Å². The van der Waals surface area contributed by atoms with Gasteiger partial charge in [-0.15, -0.1) is 0 Å². The van der Waals surface area contributed by atoms with Crippen LogP contribution in [-0.4, -0.2) is 34.8 Å². The Morgan fingerprint density at radius 3 is 2.45 bits per heavy atom. The van der Waals surface area contributed by atoms with Crippen molar-refractivity contribution < 1.29 is 9.59 Å². The number of piperidine rings is 1. The molecule has 2 aliphatic rings. The minimum absolute atomic E-state index is 0.183. The van der Waals surface area contributed by atoms with E-state index in [1.165, 1.54) is 0 Å². The van der Waals surface area contributed by atoms with Crippen molar-refractivity contribution in [3.8, 4) is 11.1 Å². The standard InChI is InChI=1S/C24H29N3O2/c25-23(29)24(11-14-27(15-12-24)22(28)18-6-1-2-7-18)16-19-8-3-4-10-21(19)20-9-5-13-26-17-20/h3-5,8-10,13,17-18H,1-2,6-7,11-12,14-16H2,(H2,25,29). The number of pyridine rings is 1. The lowest BCUT2D eigenvalue weighted by molar-refractivity contribution is -0.141. The first-order chi connectivity index (χ1) is 14.1. The van der Waals surface area contributed by atoms with Crippen molar-refractivity contribution in [1.82, 2.24) is 9.88 Å². The number of amides is 2. The summed E-state index contributed by atoms with van der Waals surface area (Å²) in [5.74, 6) is 0.199. The Labute approximate surface area is 172 Å². The first-order valence-electron chi connectivity index (χ1n) is 10.7. The minimum atomic E-state index is -0.606. The van der Waals surface area contributed by atoms with Crippen LogP contribution in [0, 0.1) is 11.3 Å². The van der Waals surface area contributed by atoms with Gasteiger partial charge >= 0.3 is 0 Å². The zero-order valence-electron chi connectivity index (χ0n) is 16.8. The Kier molecular flexibility index (Phi) is 5.65. The van der Waals surface area contributed by atoms with Crippen LogP contribution in [-0.2, 0) is 16.0 Å². The fourth-order valence-corrected chi connectivity index (χ4v) is 4.94. The normalized spacial score (nSPS) is 19.2. The van der Waals surface area contributed by atoms with E-state index in [0.29, 0.717) is 32.4 Å². The lowest BCUT2D eigenvalue weighted by Crippen LogP contribution is -2.50. The SMILES string of the molecule is NC(=O)C1(Cc2ccccc2-c2cccnc2)CCN(C(=O)C2CCCC2)CC1. The molecule has 0 radical (unpaired) electrons. The summed E-state index contributed by atoms with van der Waals surface area (Å²) in [5.41, 5.74) is 8.55. The van der Waals surface area contributed by atoms with E-state index in [0.717, 1.165) is 42.4 Å². The summed E-state index contributed by atoms with van der Waals surface area (Å²) < 4.78 is 0. The Bertz CT molecular complexity index is 867. The van der Waals surface area contributed by atoms with Gasteiger partial charge in [-0.2, -0.15) is 0 Å². The third kappa shape index (κ3) is 4.04. The summed E-state index contributed by atoms with van der Waals surface area (Å²) in [4.78, 5) is 31.5. The van der Waals surface area contributed by atoms with E-state index in [4.69, 9.17) is 5.73 Å². The number of carbonyl (C=O) groups excluding carboxylic acids is 2. The van der Waals surface area contributed by atoms with E-state index in [-0.39, 0.29) is 17.7 Å². The Morgan fingerprint density at radius 1 is 1.07 bits per heavy atom. The summed E-state index contributed by atoms with van der Waals surface area (Å²) in [7, 11) is 0. The topological polar surface area (TPSA) is 76.3 Å². The predicted octanol–water partition coefficient (Wildman–Crippen LogP) is 3.58. The summed E-state index contributed by atoms with van der Waals surface area (Å²) in [6.45, 7) is 1.24. The van der Waals surface area contributed by atoms with Crippen LogP contribution >= 0.6 is 0 Å². The number of aromatic nitrogens is 1. The molecule has 4 rings (SSSR count). The molecule has 1 aliphatic carbocycles. The molecule has 1 saturated carbocycles. The van der Waals surface area contributed by atoms with E-state index < -0.39 is 5.41 Å². The molecule has 2 aromatic rings. The van der Waals surface area contributed by atoms with Gasteiger partial charge in [0.15, 0.2) is 0 Å². The number of primary amides is 1. The van der Waals surface area contributed by atoms with Crippen LogP contribution in [0.1, 0.15) is 44.1 Å². The summed E-state index contributed by atoms with van der Waals surface area (Å²) in [5, 5.41) is 0. The van der Waals surface area contributed by atoms with Crippen LogP contribution in [0.5, 0.6) is 0 Å². The van der Waals surface area contributed by atoms with Crippen molar-refractivity contribution in [2.24, 2.45) is 17.1 Å². The predicted molar refractivity (Wildman–Crippen MR) is 113 cm³/mol. The van der Waals surface area contributed by atoms with Crippen molar-refractivity contribution in [2.45, 2.75) is 44.9 Å². The highest BCUT2D eigenvalue weighted by Gasteiger charge is 2.42. The molecular weight excluding hydrogens is 362 g/mol. The van der Waals surface area contributed by atoms with Crippen molar-refractivity contribution >= 4 is 11.8 Å². The van der Waals surface area contributed by atoms with Crippen molar-refractivity contribution in [2.75, 3.05) is 13.1 Å². The molecule has 0 spiro atoms. The Morgan fingerprint density at radius 2 is 1.79 bits per heavy atom. The quantitative estimate of drug-likeness (QED) is 0.846. The monoisotopic (exact) mass is 391 g/mol. The first kappa shape index (κ1) is 19.6. The van der Waals surface area contributed by atoms with Gasteiger partial charge in [0.1, 0.15) is 0 Å². The molecule has 0 atom stereocenters. The van der Waals surface area contributed by atoms with E-state index in [2.05, 4.69) is 17.1 Å². The fourth-order valence-electron chi connectivity index (χ4n) is 4.94. The van der Waals surface area contributed by atoms with Gasteiger partial charge < -0.3 is 10.6 Å². The van der Waals surface area contributed by atoms with E-state index in [1.54, 1.807) is 6.20 Å². The largest absolute Gasteiger partial charge is 0.369 e. The molecule has 2 N–H and O–H groups in total. The third-order valence-electron chi connectivity index (χ3n) is 6.78. The molecule has 1 aromatic carbocycles. The molecule has 2 heterocycles. The molecule has 2 fully saturated rings. The number of benzene rings is 1. The third-order valence-corrected chi connectivity index (χ3v) is 6.78. The van der Waals surface area contributed by atoms with Crippen LogP contribution in [0.4, 0.5) is 0 Å². The van der Waals surface area contributed by atoms with Crippen LogP contribution in [0.25, 0.3) is 11.1 Å². The number of likely N-dealkylation sites (tertiary alicyclic amines) is 1. The summed E-state index contributed by atoms with van der Waals surface area (Å²) in [6, 6.07) is 12.1. The zero-order chi connectivity index (χ0) is 20.3. The molecule has 29 heavy (non-hydrogen) atoms. The lowest BCUT2D eigenvalue weighted by Gasteiger charge is -2.41. The van der Waals surface area contributed by atoms with Gasteiger partial charge in [-0.05, 0) is 49.3 Å². The molecule has 1 aromatic heterocycles. The van der Waals surface area contributed by atoms with Gasteiger partial charge in [0.05, 0.1) is 5.41 Å². The second-order valence-electron chi connectivity index (χ2n) is 8.53. The highest BCUT2D eigenvalue weighted by molar-refractivity contribution is 5.83. The van der Waals surface area contributed by atoms with Gasteiger partial charge in [0.2, 0.25) is 11.8 Å². The minimum Gasteiger partial charge on any atom is -0.369 e. The number of hydrogen-bond donors (Lipinski definition) is 1. The second kappa shape index (κ2) is 8.36. The number of nitrogens with two attached hydrogens (primary N) is 1. The summed E-state index contributed by atoms with van der Waals surface area (Å²) in [6.07, 6.45) is 9.78. The smallest absolute Gasteiger partial charge is 0.225 e. The maximum Gasteiger partial charge on any atom is 0.225 e. The van der Waals surface area contributed by atoms with Gasteiger partial charge in [0, 0.05) is 37.0 Å². The van der Waals surface area contributed by atoms with Gasteiger partial charge in [-0.3, -0.25) is 14.6 Å². The maximum absolute atomic E-state index is 12.8. The lowest BCUT2D eigenvalue weighted by atomic mass is 9.72. The van der Waals surface area contributed by atoms with Crippen LogP contribution < -0.4 is 5.73 Å². The van der Waals surface area contributed by atoms with Crippen LogP contribution in [0.15, 0.2) is 48.8 Å². The highest BCUT2D eigenvalue weighted by Crippen LogP contribution is 2.38. The zero-order valence-corrected chi connectivity index (χ0v) is 16.8. The van der Waals surface area contributed by atoms with E-state index in [9.17, 15) is 9.59 Å². The summed E-state index contributed by atoms with van der Waals surface area (Å²) >= 11 is 0. The molecule has 1 aliphatic heterocycles. The highest BCUT2D eigenvalue weighted by atomic mass is 16.2. The van der Waals surface area contributed by atoms with Gasteiger partial charge in [0.25, 0.3) is 0 Å². The molecule has 1 saturated heterocycles. The average molecular weight is 392 g/mol. The number of nitrogens with zero attached hydrogens (tertiary/aromatic N) is 2. The number of rotatable bonds is 5. The van der Waals surface area contributed by atoms with Crippen LogP contribution in [0.2, 0.25) is 0 Å². The second-order valence-corrected chi connectivity index (χ2v) is 8.53. The fraction of sp³-hybridized carbons (Fsp3) is 0.458.